The van der Waals surface area contributed by atoms with Crippen LogP contribution in [0.25, 0.3) is 0 Å². The van der Waals surface area contributed by atoms with E-state index in [0.717, 1.165) is 11.5 Å². The largest absolute Gasteiger partial charge is 0.398 e. The molecule has 0 unspecified atom stereocenters. The molecule has 11 heteroatoms. The average Bonchev–Trinajstić information content (AvgIpc) is 2.55. The smallest absolute Gasteiger partial charge is 0.296 e. The van der Waals surface area contributed by atoms with E-state index in [1.54, 1.807) is 6.08 Å². The molecule has 0 spiro atoms. The Balaban J connectivity index is 2.13. The third-order valence-corrected chi connectivity index (χ3v) is 6.30. The molecule has 0 saturated heterocycles. The molecule has 0 heterocycles. The molecule has 0 aromatic heterocycles. The number of rotatable bonds is 6. The van der Waals surface area contributed by atoms with Crippen molar-refractivity contribution in [2.75, 3.05) is 22.7 Å². The molecule has 1 aromatic rings. The number of sulfone groups is 1. The van der Waals surface area contributed by atoms with E-state index in [4.69, 9.17) is 21.9 Å². The van der Waals surface area contributed by atoms with Gasteiger partial charge < -0.3 is 11.1 Å². The Morgan fingerprint density at radius 1 is 1.26 bits per heavy atom. The van der Waals surface area contributed by atoms with E-state index in [1.807, 2.05) is 0 Å². The third-order valence-electron chi connectivity index (χ3n) is 3.54. The summed E-state index contributed by atoms with van der Waals surface area (Å²) in [6.45, 7) is 0. The van der Waals surface area contributed by atoms with Crippen molar-refractivity contribution in [2.24, 2.45) is 0 Å². The van der Waals surface area contributed by atoms with Crippen LogP contribution in [0, 0.1) is 0 Å². The van der Waals surface area contributed by atoms with E-state index < -0.39 is 30.8 Å². The van der Waals surface area contributed by atoms with Crippen LogP contribution in [0.15, 0.2) is 57.9 Å². The lowest BCUT2D eigenvalue weighted by molar-refractivity contribution is -0.112. The van der Waals surface area contributed by atoms with Crippen LogP contribution in [0.3, 0.4) is 0 Å². The molecule has 0 atom stereocenters. The highest BCUT2D eigenvalue weighted by atomic mass is 35.5. The number of carbonyl (C=O) groups excluding carboxylic acids is 1. The van der Waals surface area contributed by atoms with Crippen molar-refractivity contribution in [3.8, 4) is 0 Å². The van der Waals surface area contributed by atoms with Crippen LogP contribution in [0.1, 0.15) is 6.42 Å². The van der Waals surface area contributed by atoms with Gasteiger partial charge in [-0.3, -0.25) is 9.35 Å². The van der Waals surface area contributed by atoms with Gasteiger partial charge in [0.1, 0.15) is 4.90 Å². The molecular weight excluding hydrogens is 416 g/mol. The zero-order valence-electron chi connectivity index (χ0n) is 13.9. The maximum absolute atomic E-state index is 12.3. The van der Waals surface area contributed by atoms with Crippen LogP contribution in [-0.4, -0.2) is 38.9 Å². The van der Waals surface area contributed by atoms with Crippen molar-refractivity contribution in [2.45, 2.75) is 11.3 Å². The quantitative estimate of drug-likeness (QED) is 0.353. The number of nitrogen functional groups attached to an aromatic ring is 1. The predicted molar refractivity (Wildman–Crippen MR) is 104 cm³/mol. The van der Waals surface area contributed by atoms with Crippen molar-refractivity contribution in [3.63, 3.8) is 0 Å². The van der Waals surface area contributed by atoms with Crippen molar-refractivity contribution in [1.29, 1.82) is 0 Å². The molecule has 4 N–H and O–H groups in total. The molecule has 1 amide bonds. The van der Waals surface area contributed by atoms with Crippen molar-refractivity contribution >= 4 is 48.8 Å². The first-order valence-corrected chi connectivity index (χ1v) is 11.3. The molecule has 146 valence electrons. The van der Waals surface area contributed by atoms with Crippen LogP contribution in [0.2, 0.25) is 0 Å². The fourth-order valence-corrected chi connectivity index (χ4v) is 4.51. The monoisotopic (exact) mass is 432 g/mol. The van der Waals surface area contributed by atoms with Gasteiger partial charge in [-0.15, -0.1) is 11.6 Å². The predicted octanol–water partition coefficient (Wildman–Crippen LogP) is 1.88. The SMILES string of the molecule is Nc1ccc(NC(=O)C2=CCC(=CS(=O)(=O)CCCl)C=C2)cc1S(=O)(=O)O. The summed E-state index contributed by atoms with van der Waals surface area (Å²) in [4.78, 5) is 11.8. The van der Waals surface area contributed by atoms with E-state index in [1.165, 1.54) is 24.3 Å². The summed E-state index contributed by atoms with van der Waals surface area (Å²) in [6.07, 6.45) is 4.73. The number of allylic oxidation sites excluding steroid dienone is 3. The number of hydrogen-bond donors (Lipinski definition) is 3. The van der Waals surface area contributed by atoms with Gasteiger partial charge in [0.2, 0.25) is 0 Å². The first-order chi connectivity index (χ1) is 12.5. The lowest BCUT2D eigenvalue weighted by atomic mass is 10.0. The molecule has 0 radical (unpaired) electrons. The van der Waals surface area contributed by atoms with Crippen molar-refractivity contribution in [1.82, 2.24) is 0 Å². The summed E-state index contributed by atoms with van der Waals surface area (Å²) in [5.41, 5.74) is 6.26. The molecule has 1 aromatic carbocycles. The molecular formula is C16H17ClN2O6S2. The second-order valence-corrected chi connectivity index (χ2v) is 9.37. The Hall–Kier alpha value is -2.14. The van der Waals surface area contributed by atoms with E-state index >= 15 is 0 Å². The highest BCUT2D eigenvalue weighted by Gasteiger charge is 2.17. The van der Waals surface area contributed by atoms with Gasteiger partial charge >= 0.3 is 0 Å². The normalized spacial score (nSPS) is 16.2. The number of alkyl halides is 1. The maximum Gasteiger partial charge on any atom is 0.296 e. The zero-order valence-corrected chi connectivity index (χ0v) is 16.3. The zero-order chi connectivity index (χ0) is 20.2. The average molecular weight is 433 g/mol. The van der Waals surface area contributed by atoms with Gasteiger partial charge in [-0.1, -0.05) is 12.2 Å². The first-order valence-electron chi connectivity index (χ1n) is 7.58. The van der Waals surface area contributed by atoms with E-state index in [9.17, 15) is 21.6 Å². The number of nitrogens with one attached hydrogen (secondary N) is 1. The summed E-state index contributed by atoms with van der Waals surface area (Å²) in [6, 6.07) is 3.67. The third kappa shape index (κ3) is 5.93. The Kier molecular flexibility index (Phi) is 6.47. The van der Waals surface area contributed by atoms with Gasteiger partial charge in [0.25, 0.3) is 16.0 Å². The van der Waals surface area contributed by atoms with Gasteiger partial charge in [0.15, 0.2) is 9.84 Å². The van der Waals surface area contributed by atoms with E-state index in [0.29, 0.717) is 5.57 Å². The summed E-state index contributed by atoms with van der Waals surface area (Å²) < 4.78 is 55.1. The van der Waals surface area contributed by atoms with Gasteiger partial charge in [-0.2, -0.15) is 8.42 Å². The standard InChI is InChI=1S/C16H17ClN2O6S2/c17-7-8-26(21,22)10-11-1-3-12(4-2-11)16(20)19-13-5-6-14(18)15(9-13)27(23,24)25/h1,3-6,9-10H,2,7-8,18H2,(H,19,20)(H,23,24,25). The van der Waals surface area contributed by atoms with Crippen LogP contribution < -0.4 is 11.1 Å². The number of anilines is 2. The minimum Gasteiger partial charge on any atom is -0.398 e. The summed E-state index contributed by atoms with van der Waals surface area (Å²) >= 11 is 5.44. The molecule has 0 saturated carbocycles. The topological polar surface area (TPSA) is 144 Å². The van der Waals surface area contributed by atoms with Crippen LogP contribution in [0.5, 0.6) is 0 Å². The van der Waals surface area contributed by atoms with Crippen molar-refractivity contribution in [3.05, 3.63) is 53.0 Å². The number of halogens is 1. The first kappa shape index (κ1) is 21.2. The van der Waals surface area contributed by atoms with Crippen LogP contribution >= 0.6 is 11.6 Å². The Morgan fingerprint density at radius 2 is 1.96 bits per heavy atom. The minimum atomic E-state index is -4.52. The van der Waals surface area contributed by atoms with Gasteiger partial charge in [0.05, 0.1) is 11.4 Å². The second-order valence-electron chi connectivity index (χ2n) is 5.63. The second kappa shape index (κ2) is 8.26. The molecule has 0 fully saturated rings. The fourth-order valence-electron chi connectivity index (χ4n) is 2.25. The number of carbonyl (C=O) groups is 1. The molecule has 1 aliphatic rings. The van der Waals surface area contributed by atoms with E-state index in [-0.39, 0.29) is 35.0 Å². The summed E-state index contributed by atoms with van der Waals surface area (Å²) in [5.74, 6) is -0.706. The fraction of sp³-hybridized carbons (Fsp3) is 0.188. The van der Waals surface area contributed by atoms with Gasteiger partial charge in [-0.25, -0.2) is 8.42 Å². The Morgan fingerprint density at radius 3 is 2.52 bits per heavy atom. The molecule has 8 nitrogen and oxygen atoms in total. The number of hydrogen-bond acceptors (Lipinski definition) is 6. The lowest BCUT2D eigenvalue weighted by Gasteiger charge is -2.11. The number of nitrogens with two attached hydrogens (primary N) is 1. The Bertz CT molecular complexity index is 1060. The molecule has 0 aliphatic heterocycles. The van der Waals surface area contributed by atoms with Gasteiger partial charge in [0, 0.05) is 22.5 Å². The molecule has 0 bridgehead atoms. The van der Waals surface area contributed by atoms with Crippen molar-refractivity contribution < 1.29 is 26.2 Å². The molecule has 27 heavy (non-hydrogen) atoms. The Labute approximate surface area is 162 Å². The van der Waals surface area contributed by atoms with Crippen LogP contribution in [0.4, 0.5) is 11.4 Å². The number of amides is 1. The minimum absolute atomic E-state index is 0.00748. The van der Waals surface area contributed by atoms with Gasteiger partial charge in [-0.05, 0) is 36.3 Å². The van der Waals surface area contributed by atoms with E-state index in [2.05, 4.69) is 5.32 Å². The molecule has 2 rings (SSSR count). The van der Waals surface area contributed by atoms with Crippen LogP contribution in [-0.2, 0) is 24.7 Å². The lowest BCUT2D eigenvalue weighted by Crippen LogP contribution is -2.15. The maximum atomic E-state index is 12.3. The highest BCUT2D eigenvalue weighted by Crippen LogP contribution is 2.24. The molecule has 1 aliphatic carbocycles. The summed E-state index contributed by atoms with van der Waals surface area (Å²) in [7, 11) is -7.93. The highest BCUT2D eigenvalue weighted by molar-refractivity contribution is 7.94. The summed E-state index contributed by atoms with van der Waals surface area (Å²) in [5, 5.41) is 3.61. The number of benzene rings is 1.